The van der Waals surface area contributed by atoms with Crippen LogP contribution in [0.25, 0.3) is 16.0 Å². The summed E-state index contributed by atoms with van der Waals surface area (Å²) in [5, 5.41) is 20.7. The van der Waals surface area contributed by atoms with Crippen LogP contribution in [0.4, 0.5) is 24.5 Å². The van der Waals surface area contributed by atoms with Gasteiger partial charge in [0, 0.05) is 156 Å². The number of nitrogens with zero attached hydrogens (tertiary/aromatic N) is 9. The number of fused-ring (bicyclic) bond motifs is 2. The van der Waals surface area contributed by atoms with E-state index in [9.17, 15) is 59.1 Å². The number of likely N-dealkylation sites (tertiary alicyclic amines) is 1. The number of thioether (sulfide) groups is 1. The Labute approximate surface area is 685 Å². The smallest absolute Gasteiger partial charge is 0.391 e. The Morgan fingerprint density at radius 1 is 0.765 bits per heavy atom. The van der Waals surface area contributed by atoms with Gasteiger partial charge >= 0.3 is 5.51 Å². The second kappa shape index (κ2) is 36.4. The third-order valence-electron chi connectivity index (χ3n) is 23.6. The average Bonchev–Trinajstić information content (AvgIpc) is 1.38. The van der Waals surface area contributed by atoms with Crippen LogP contribution in [-0.2, 0) is 43.8 Å². The van der Waals surface area contributed by atoms with Gasteiger partial charge in [0.2, 0.25) is 23.6 Å². The summed E-state index contributed by atoms with van der Waals surface area (Å²) in [6, 6.07) is 31.5. The largest absolute Gasteiger partial charge is 0.501 e. The van der Waals surface area contributed by atoms with Crippen molar-refractivity contribution in [3.63, 3.8) is 0 Å². The van der Waals surface area contributed by atoms with Gasteiger partial charge in [-0.25, -0.2) is 26.5 Å². The molecule has 1 aromatic heterocycles. The van der Waals surface area contributed by atoms with Crippen molar-refractivity contribution in [3.05, 3.63) is 160 Å². The molecule has 5 aromatic carbocycles. The molecular formula is C83H105ClF3N13O11S4. The van der Waals surface area contributed by atoms with Crippen LogP contribution in [0.1, 0.15) is 106 Å². The standard InChI is InChI=1S/C83H105ClF3N13O11S4/c1-55(57-12-14-59(15-13-57)76-56(2)88-54-113-76)89-79(105)72-43-67(101)49-100(72)80(106)77(81(3,4)5)91-74(102)50-99-65-42-66(99)48-96(47-65)51-75(103)98-36-32-95(33-37-98)53-82(6)28-26-70(58-16-20-62(84)21-17-58)61(45-82)46-94-30-34-97(35-31-94)64-22-18-60(19-23-64)78(104)92-115(109,110)69-24-25-71(73(44-69)114(107,108)83(85,86)87)90-63(27-29-93-38-40-111-41-39-93)52-112-68-10-8-7-9-11-68/h7-25,44,54-55,63,65-67,72,77,90,101H,26-43,45-53H2,1-6H3,(H,89,105)(H,91,102)(H,92,104)/t55-,63+,65?,66?,67+,72-,77+,82?/m0/s1. The number of ether oxygens (including phenoxy) is 1. The molecule has 5 N–H and O–H groups in total. The van der Waals surface area contributed by atoms with Gasteiger partial charge in [-0.15, -0.1) is 23.1 Å². The number of rotatable bonds is 28. The maximum atomic E-state index is 14.5. The van der Waals surface area contributed by atoms with Gasteiger partial charge in [-0.05, 0) is 146 Å². The summed E-state index contributed by atoms with van der Waals surface area (Å²) in [7, 11) is -11.0. The Balaban J connectivity index is 0.565. The third-order valence-corrected chi connectivity index (χ3v) is 28.8. The molecule has 620 valence electrons. The van der Waals surface area contributed by atoms with Gasteiger partial charge in [-0.1, -0.05) is 99.5 Å². The van der Waals surface area contributed by atoms with Crippen molar-refractivity contribution in [1.29, 1.82) is 0 Å². The van der Waals surface area contributed by atoms with Gasteiger partial charge in [0.05, 0.1) is 65.1 Å². The van der Waals surface area contributed by atoms with Gasteiger partial charge < -0.3 is 40.5 Å². The number of piperazine rings is 3. The number of hydrogen-bond donors (Lipinski definition) is 5. The number of amides is 5. The van der Waals surface area contributed by atoms with E-state index in [1.54, 1.807) is 23.5 Å². The summed E-state index contributed by atoms with van der Waals surface area (Å²) in [4.78, 5) is 91.5. The molecule has 8 atom stereocenters. The lowest BCUT2D eigenvalue weighted by molar-refractivity contribution is -0.146. The van der Waals surface area contributed by atoms with Crippen molar-refractivity contribution >= 4 is 101 Å². The SMILES string of the molecule is Cc1ncsc1-c1ccc([C@H](C)NC(=O)[C@@H]2C[C@@H](O)CN2C(=O)[C@@H](NC(=O)CN2C3CC2CN(CC(=O)N2CCN(CC4(C)CCC(c5ccc(Cl)cc5)=C(CN5CCN(c6ccc(C(=O)NS(=O)(=O)c7ccc(N[C@H](CCN8CCOCC8)CSc8ccccc8)c(S(=O)(=O)C(F)(F)F)c7)cc6)CC5)C4)CC2)C3)C(C)(C)C)cc1. The molecule has 3 unspecified atom stereocenters. The molecule has 7 saturated heterocycles. The van der Waals surface area contributed by atoms with E-state index in [1.165, 1.54) is 39.9 Å². The average molecular weight is 1680 g/mol. The minimum Gasteiger partial charge on any atom is -0.391 e. The normalized spacial score (nSPS) is 22.6. The zero-order chi connectivity index (χ0) is 81.7. The summed E-state index contributed by atoms with van der Waals surface area (Å²) in [6.45, 7) is 23.5. The maximum absolute atomic E-state index is 14.5. The van der Waals surface area contributed by atoms with Gasteiger partial charge in [-0.3, -0.25) is 48.5 Å². The van der Waals surface area contributed by atoms with E-state index in [4.69, 9.17) is 16.3 Å². The van der Waals surface area contributed by atoms with Crippen molar-refractivity contribution in [3.8, 4) is 10.4 Å². The van der Waals surface area contributed by atoms with Gasteiger partial charge in [0.25, 0.3) is 25.8 Å². The number of morpholine rings is 1. The Kier molecular flexibility index (Phi) is 27.0. The van der Waals surface area contributed by atoms with Gasteiger partial charge in [-0.2, -0.15) is 13.2 Å². The molecule has 0 spiro atoms. The molecule has 7 fully saturated rings. The molecule has 32 heteroatoms. The third kappa shape index (κ3) is 21.0. The minimum atomic E-state index is -6.11. The lowest BCUT2D eigenvalue weighted by Crippen LogP contribution is -2.71. The van der Waals surface area contributed by atoms with E-state index in [-0.39, 0.29) is 66.3 Å². The number of benzene rings is 5. The first-order valence-electron chi connectivity index (χ1n) is 39.6. The van der Waals surface area contributed by atoms with Crippen molar-refractivity contribution in [2.75, 3.05) is 147 Å². The summed E-state index contributed by atoms with van der Waals surface area (Å²) >= 11 is 9.42. The van der Waals surface area contributed by atoms with Crippen LogP contribution in [0.15, 0.2) is 147 Å². The molecule has 0 saturated carbocycles. The highest BCUT2D eigenvalue weighted by Gasteiger charge is 2.51. The second-order valence-electron chi connectivity index (χ2n) is 33.1. The van der Waals surface area contributed by atoms with Crippen LogP contribution in [0.3, 0.4) is 0 Å². The zero-order valence-electron chi connectivity index (χ0n) is 66.0. The van der Waals surface area contributed by atoms with Crippen LogP contribution in [0, 0.1) is 17.8 Å². The molecule has 115 heavy (non-hydrogen) atoms. The van der Waals surface area contributed by atoms with Crippen molar-refractivity contribution in [1.82, 2.24) is 54.6 Å². The number of sulfonamides is 1. The van der Waals surface area contributed by atoms with E-state index < -0.39 is 82.3 Å². The number of β-amino-alcohol motifs (C(OH)–C–C–N with tert-alkyl or cyclic N) is 1. The number of carbonyl (C=O) groups excluding carboxylic acids is 5. The lowest BCUT2D eigenvalue weighted by Gasteiger charge is -2.56. The second-order valence-corrected chi connectivity index (χ2v) is 39.1. The summed E-state index contributed by atoms with van der Waals surface area (Å²) in [5.41, 5.74) is 2.32. The molecule has 0 radical (unpaired) electrons. The number of aromatic nitrogens is 1. The fraction of sp³-hybridized carbons (Fsp3) is 0.518. The number of carbonyl (C=O) groups is 5. The first kappa shape index (κ1) is 85.4. The molecule has 6 aromatic rings. The number of nitrogens with one attached hydrogen (secondary N) is 4. The van der Waals surface area contributed by atoms with Crippen LogP contribution in [0.5, 0.6) is 0 Å². The fourth-order valence-corrected chi connectivity index (χ4v) is 21.0. The first-order valence-corrected chi connectivity index (χ1v) is 44.8. The number of alkyl halides is 3. The van der Waals surface area contributed by atoms with Crippen LogP contribution in [0.2, 0.25) is 5.02 Å². The Bertz CT molecular complexity index is 4700. The van der Waals surface area contributed by atoms with E-state index in [1.807, 2.05) is 116 Å². The van der Waals surface area contributed by atoms with E-state index in [2.05, 4.69) is 69.4 Å². The number of anilines is 2. The predicted molar refractivity (Wildman–Crippen MR) is 441 cm³/mol. The summed E-state index contributed by atoms with van der Waals surface area (Å²) in [6.07, 6.45) is 3.25. The predicted octanol–water partition coefficient (Wildman–Crippen LogP) is 9.52. The molecule has 1 aliphatic carbocycles. The lowest BCUT2D eigenvalue weighted by atomic mass is 9.71. The number of aliphatic hydroxyl groups excluding tert-OH is 1. The van der Waals surface area contributed by atoms with E-state index in [0.717, 1.165) is 115 Å². The van der Waals surface area contributed by atoms with E-state index >= 15 is 0 Å². The molecule has 14 rings (SSSR count). The Morgan fingerprint density at radius 2 is 1.43 bits per heavy atom. The number of hydrogen-bond acceptors (Lipinski definition) is 21. The van der Waals surface area contributed by atoms with E-state index in [0.29, 0.717) is 102 Å². The number of sulfone groups is 1. The number of halogens is 4. The molecule has 24 nitrogen and oxygen atoms in total. The van der Waals surface area contributed by atoms with Gasteiger partial charge in [0.15, 0.2) is 0 Å². The monoisotopic (exact) mass is 1680 g/mol. The highest BCUT2D eigenvalue weighted by molar-refractivity contribution is 7.99. The highest BCUT2D eigenvalue weighted by Crippen LogP contribution is 2.45. The number of allylic oxidation sites excluding steroid dienone is 1. The molecule has 5 amide bonds. The van der Waals surface area contributed by atoms with Crippen LogP contribution in [-0.4, -0.2) is 269 Å². The highest BCUT2D eigenvalue weighted by atomic mass is 35.5. The Morgan fingerprint density at radius 3 is 2.09 bits per heavy atom. The number of thiazole rings is 1. The van der Waals surface area contributed by atoms with Crippen molar-refractivity contribution < 1.29 is 63.8 Å². The van der Waals surface area contributed by atoms with Crippen LogP contribution >= 0.6 is 34.7 Å². The molecule has 7 aliphatic heterocycles. The Hall–Kier alpha value is -7.53. The van der Waals surface area contributed by atoms with Gasteiger partial charge in [0.1, 0.15) is 17.0 Å². The van der Waals surface area contributed by atoms with Crippen molar-refractivity contribution in [2.45, 2.75) is 143 Å². The zero-order valence-corrected chi connectivity index (χ0v) is 70.0. The first-order chi connectivity index (χ1) is 54.7. The molecular weight excluding hydrogens is 1580 g/mol. The van der Waals surface area contributed by atoms with Crippen LogP contribution < -0.4 is 25.6 Å². The quantitative estimate of drug-likeness (QED) is 0.0286. The number of piperidine rings is 1. The number of aliphatic hydroxyl groups is 1. The molecule has 8 aliphatic rings. The number of aryl methyl sites for hydroxylation is 1. The topological polar surface area (TPSA) is 270 Å². The minimum absolute atomic E-state index is 0.0287. The maximum Gasteiger partial charge on any atom is 0.501 e. The molecule has 2 bridgehead atoms. The fourth-order valence-electron chi connectivity index (χ4n) is 17.1. The molecule has 8 heterocycles. The summed E-state index contributed by atoms with van der Waals surface area (Å²) in [5.74, 6) is -1.71. The summed E-state index contributed by atoms with van der Waals surface area (Å²) < 4.78 is 105. The van der Waals surface area contributed by atoms with Crippen molar-refractivity contribution in [2.24, 2.45) is 10.8 Å².